The molecule has 1 fully saturated rings. The number of pyridine rings is 1. The summed E-state index contributed by atoms with van der Waals surface area (Å²) in [5.74, 6) is 1.63. The van der Waals surface area contributed by atoms with Crippen LogP contribution in [0.5, 0.6) is 5.75 Å². The first kappa shape index (κ1) is 24.5. The predicted octanol–water partition coefficient (Wildman–Crippen LogP) is 2.78. The van der Waals surface area contributed by atoms with Crippen molar-refractivity contribution in [3.8, 4) is 5.75 Å². The van der Waals surface area contributed by atoms with E-state index in [1.54, 1.807) is 7.11 Å². The molecule has 2 aliphatic rings. The molecule has 1 saturated heterocycles. The summed E-state index contributed by atoms with van der Waals surface area (Å²) in [6, 6.07) is 0.269. The van der Waals surface area contributed by atoms with E-state index in [4.69, 9.17) is 22.1 Å². The maximum absolute atomic E-state index is 13.3. The fraction of sp³-hybridized carbons (Fsp3) is 0.583. The molecule has 2 aromatic rings. The first-order valence-electron chi connectivity index (χ1n) is 11.7. The number of nitrogen functional groups attached to an aromatic ring is 1. The Morgan fingerprint density at radius 3 is 2.68 bits per heavy atom. The van der Waals surface area contributed by atoms with Crippen molar-refractivity contribution in [3.63, 3.8) is 0 Å². The number of carbonyl (C=O) groups is 1. The van der Waals surface area contributed by atoms with E-state index in [0.29, 0.717) is 30.5 Å². The second-order valence-electron chi connectivity index (χ2n) is 9.48. The number of rotatable bonds is 6. The molecule has 1 atom stereocenters. The third-order valence-electron chi connectivity index (χ3n) is 7.19. The second-order valence-corrected chi connectivity index (χ2v) is 9.83. The van der Waals surface area contributed by atoms with Crippen LogP contribution in [-0.2, 0) is 11.3 Å². The zero-order chi connectivity index (χ0) is 24.6. The summed E-state index contributed by atoms with van der Waals surface area (Å²) in [6.45, 7) is 7.10. The van der Waals surface area contributed by atoms with Crippen LogP contribution in [0.3, 0.4) is 0 Å². The highest BCUT2D eigenvalue weighted by molar-refractivity contribution is 6.30. The first-order chi connectivity index (χ1) is 16.2. The minimum Gasteiger partial charge on any atom is -0.496 e. The monoisotopic (exact) mass is 487 g/mol. The molecule has 1 amide bonds. The Bertz CT molecular complexity index is 1070. The lowest BCUT2D eigenvalue weighted by Gasteiger charge is -2.35. The number of halogens is 1. The van der Waals surface area contributed by atoms with Crippen molar-refractivity contribution in [2.24, 2.45) is 0 Å². The number of aryl methyl sites for hydroxylation is 1. The Balaban J connectivity index is 1.56. The molecule has 10 heteroatoms. The van der Waals surface area contributed by atoms with Gasteiger partial charge in [0.25, 0.3) is 0 Å². The van der Waals surface area contributed by atoms with Crippen molar-refractivity contribution < 1.29 is 9.53 Å². The number of aromatic nitrogens is 3. The Hall–Kier alpha value is -2.65. The highest BCUT2D eigenvalue weighted by atomic mass is 35.5. The summed E-state index contributed by atoms with van der Waals surface area (Å²) in [5.41, 5.74) is 9.59. The summed E-state index contributed by atoms with van der Waals surface area (Å²) in [4.78, 5) is 32.9. The molecule has 34 heavy (non-hydrogen) atoms. The van der Waals surface area contributed by atoms with Crippen LogP contribution in [0.2, 0.25) is 5.15 Å². The van der Waals surface area contributed by atoms with Gasteiger partial charge in [-0.05, 0) is 46.8 Å². The van der Waals surface area contributed by atoms with Gasteiger partial charge in [-0.1, -0.05) is 11.6 Å². The molecular weight excluding hydrogens is 454 g/mol. The number of hydrogen-bond acceptors (Lipinski definition) is 8. The van der Waals surface area contributed by atoms with Gasteiger partial charge in [-0.3, -0.25) is 9.78 Å². The lowest BCUT2D eigenvalue weighted by molar-refractivity contribution is -0.133. The van der Waals surface area contributed by atoms with Crippen molar-refractivity contribution in [2.45, 2.75) is 51.6 Å². The van der Waals surface area contributed by atoms with Gasteiger partial charge in [0, 0.05) is 54.9 Å². The van der Waals surface area contributed by atoms with E-state index in [0.717, 1.165) is 54.1 Å². The van der Waals surface area contributed by atoms with Gasteiger partial charge in [0.05, 0.1) is 19.3 Å². The van der Waals surface area contributed by atoms with Gasteiger partial charge in [-0.25, -0.2) is 4.98 Å². The van der Waals surface area contributed by atoms with Gasteiger partial charge in [0.15, 0.2) is 0 Å². The molecule has 0 spiro atoms. The smallest absolute Gasteiger partial charge is 0.223 e. The number of likely N-dealkylation sites (tertiary alicyclic amines) is 1. The quantitative estimate of drug-likeness (QED) is 0.621. The summed E-state index contributed by atoms with van der Waals surface area (Å²) in [5, 5.41) is 0.316. The van der Waals surface area contributed by atoms with E-state index >= 15 is 0 Å². The number of fused-ring (bicyclic) bond motifs is 1. The molecule has 0 radical (unpaired) electrons. The van der Waals surface area contributed by atoms with E-state index in [1.165, 1.54) is 0 Å². The lowest BCUT2D eigenvalue weighted by Crippen LogP contribution is -2.44. The maximum atomic E-state index is 13.3. The van der Waals surface area contributed by atoms with Gasteiger partial charge in [-0.2, -0.15) is 4.98 Å². The number of piperidine rings is 1. The SMILES string of the molecule is COc1c(C)cnc(CN2CC(CC(=O)N(C)C3CCN(C)CC3)c3c(Cl)nc(N)nc32)c1C. The molecule has 2 N–H and O–H groups in total. The molecule has 4 rings (SSSR count). The number of ether oxygens (including phenoxy) is 1. The van der Waals surface area contributed by atoms with Crippen LogP contribution < -0.4 is 15.4 Å². The first-order valence-corrected chi connectivity index (χ1v) is 12.1. The average Bonchev–Trinajstić information content (AvgIpc) is 3.13. The average molecular weight is 488 g/mol. The van der Waals surface area contributed by atoms with Gasteiger partial charge in [0.1, 0.15) is 16.7 Å². The molecule has 0 aromatic carbocycles. The van der Waals surface area contributed by atoms with Gasteiger partial charge >= 0.3 is 0 Å². The minimum absolute atomic E-state index is 0.114. The molecule has 4 heterocycles. The zero-order valence-corrected chi connectivity index (χ0v) is 21.4. The summed E-state index contributed by atoms with van der Waals surface area (Å²) in [6.07, 6.45) is 4.15. The number of carbonyl (C=O) groups excluding carboxylic acids is 1. The number of nitrogens with zero attached hydrogens (tertiary/aromatic N) is 6. The van der Waals surface area contributed by atoms with Gasteiger partial charge < -0.3 is 25.2 Å². The van der Waals surface area contributed by atoms with E-state index < -0.39 is 0 Å². The number of amides is 1. The predicted molar refractivity (Wildman–Crippen MR) is 133 cm³/mol. The molecule has 0 bridgehead atoms. The van der Waals surface area contributed by atoms with Crippen LogP contribution in [0.15, 0.2) is 6.20 Å². The molecule has 2 aliphatic heterocycles. The van der Waals surface area contributed by atoms with Crippen molar-refractivity contribution in [1.82, 2.24) is 24.8 Å². The summed E-state index contributed by atoms with van der Waals surface area (Å²) < 4.78 is 5.57. The molecular formula is C24H34ClN7O2. The van der Waals surface area contributed by atoms with Gasteiger partial charge in [-0.15, -0.1) is 0 Å². The normalized spacial score (nSPS) is 18.8. The standard InChI is InChI=1S/C24H34ClN7O2/c1-14-11-27-18(15(2)21(14)34-5)13-32-12-16(20-22(25)28-24(26)29-23(20)32)10-19(33)31(4)17-6-8-30(3)9-7-17/h11,16-17H,6-10,12-13H2,1-5H3,(H2,26,28,29). The Labute approximate surface area is 206 Å². The topological polar surface area (TPSA) is 101 Å². The Morgan fingerprint density at radius 1 is 1.29 bits per heavy atom. The molecule has 0 aliphatic carbocycles. The molecule has 9 nitrogen and oxygen atoms in total. The minimum atomic E-state index is -0.114. The van der Waals surface area contributed by atoms with Gasteiger partial charge in [0.2, 0.25) is 11.9 Å². The van der Waals surface area contributed by atoms with Crippen LogP contribution in [0.4, 0.5) is 11.8 Å². The van der Waals surface area contributed by atoms with Crippen molar-refractivity contribution in [3.05, 3.63) is 33.7 Å². The largest absolute Gasteiger partial charge is 0.496 e. The number of hydrogen-bond donors (Lipinski definition) is 1. The Kier molecular flexibility index (Phi) is 7.14. The lowest BCUT2D eigenvalue weighted by atomic mass is 9.98. The highest BCUT2D eigenvalue weighted by Crippen LogP contribution is 2.42. The Morgan fingerprint density at radius 2 is 2.00 bits per heavy atom. The zero-order valence-electron chi connectivity index (χ0n) is 20.6. The maximum Gasteiger partial charge on any atom is 0.223 e. The second kappa shape index (κ2) is 9.92. The van der Waals surface area contributed by atoms with Crippen molar-refractivity contribution in [2.75, 3.05) is 51.5 Å². The number of nitrogens with two attached hydrogens (primary N) is 1. The number of anilines is 2. The van der Waals surface area contributed by atoms with Crippen LogP contribution in [0.25, 0.3) is 0 Å². The third-order valence-corrected chi connectivity index (χ3v) is 7.47. The fourth-order valence-electron chi connectivity index (χ4n) is 5.14. The number of methoxy groups -OCH3 is 1. The molecule has 1 unspecified atom stereocenters. The van der Waals surface area contributed by atoms with Crippen LogP contribution >= 0.6 is 11.6 Å². The highest BCUT2D eigenvalue weighted by Gasteiger charge is 2.36. The van der Waals surface area contributed by atoms with E-state index in [9.17, 15) is 4.79 Å². The molecule has 2 aromatic heterocycles. The molecule has 184 valence electrons. The fourth-order valence-corrected chi connectivity index (χ4v) is 5.47. The summed E-state index contributed by atoms with van der Waals surface area (Å²) in [7, 11) is 5.70. The van der Waals surface area contributed by atoms with E-state index in [1.807, 2.05) is 32.0 Å². The van der Waals surface area contributed by atoms with E-state index in [-0.39, 0.29) is 23.8 Å². The van der Waals surface area contributed by atoms with Crippen LogP contribution in [0, 0.1) is 13.8 Å². The summed E-state index contributed by atoms with van der Waals surface area (Å²) >= 11 is 6.54. The third kappa shape index (κ3) is 4.77. The molecule has 0 saturated carbocycles. The van der Waals surface area contributed by atoms with Crippen molar-refractivity contribution in [1.29, 1.82) is 0 Å². The van der Waals surface area contributed by atoms with Crippen LogP contribution in [0.1, 0.15) is 47.6 Å². The van der Waals surface area contributed by atoms with Crippen LogP contribution in [-0.4, -0.2) is 77.5 Å². The van der Waals surface area contributed by atoms with Crippen molar-refractivity contribution >= 4 is 29.3 Å². The van der Waals surface area contributed by atoms with E-state index in [2.05, 4.69) is 31.8 Å².